The van der Waals surface area contributed by atoms with Gasteiger partial charge in [0.05, 0.1) is 6.10 Å². The number of rotatable bonds is 8. The monoisotopic (exact) mass is 282 g/mol. The molecule has 1 saturated heterocycles. The van der Waals surface area contributed by atoms with Gasteiger partial charge in [-0.05, 0) is 37.6 Å². The van der Waals surface area contributed by atoms with Crippen LogP contribution in [0.25, 0.3) is 0 Å². The van der Waals surface area contributed by atoms with E-state index >= 15 is 0 Å². The highest BCUT2D eigenvalue weighted by Gasteiger charge is 2.35. The second-order valence-electron chi connectivity index (χ2n) is 7.21. The highest BCUT2D eigenvalue weighted by atomic mass is 16.5. The Kier molecular flexibility index (Phi) is 6.31. The molecular formula is C17H34N2O. The van der Waals surface area contributed by atoms with Gasteiger partial charge in [0.2, 0.25) is 0 Å². The number of nitrogens with zero attached hydrogens (tertiary/aromatic N) is 1. The van der Waals surface area contributed by atoms with Crippen molar-refractivity contribution in [2.75, 3.05) is 32.8 Å². The zero-order valence-corrected chi connectivity index (χ0v) is 13.8. The summed E-state index contributed by atoms with van der Waals surface area (Å²) in [6.45, 7) is 12.5. The maximum Gasteiger partial charge on any atom is 0.0702 e. The number of hydrogen-bond acceptors (Lipinski definition) is 3. The Morgan fingerprint density at radius 3 is 2.55 bits per heavy atom. The molecule has 1 atom stereocenters. The van der Waals surface area contributed by atoms with Gasteiger partial charge >= 0.3 is 0 Å². The zero-order chi connectivity index (χ0) is 14.4. The van der Waals surface area contributed by atoms with Gasteiger partial charge in [0.15, 0.2) is 0 Å². The third-order valence-electron chi connectivity index (χ3n) is 5.04. The van der Waals surface area contributed by atoms with E-state index in [1.165, 1.54) is 51.6 Å². The van der Waals surface area contributed by atoms with Gasteiger partial charge in [-0.3, -0.25) is 0 Å². The van der Waals surface area contributed by atoms with Crippen LogP contribution < -0.4 is 5.32 Å². The number of likely N-dealkylation sites (N-methyl/N-ethyl adjacent to an activating group) is 1. The Morgan fingerprint density at radius 1 is 1.25 bits per heavy atom. The molecule has 0 aromatic carbocycles. The molecule has 0 aromatic rings. The SMILES string of the molecule is CCN(CC1CCCO1)CC1(CNC(C)C)CCCC1. The van der Waals surface area contributed by atoms with Gasteiger partial charge in [-0.15, -0.1) is 0 Å². The first kappa shape index (κ1) is 16.3. The molecule has 1 heterocycles. The minimum Gasteiger partial charge on any atom is -0.377 e. The van der Waals surface area contributed by atoms with Crippen LogP contribution in [0, 0.1) is 5.41 Å². The highest BCUT2D eigenvalue weighted by Crippen LogP contribution is 2.38. The molecule has 2 rings (SSSR count). The Bertz CT molecular complexity index is 268. The van der Waals surface area contributed by atoms with Crippen molar-refractivity contribution < 1.29 is 4.74 Å². The minimum absolute atomic E-state index is 0.492. The Labute approximate surface area is 125 Å². The summed E-state index contributed by atoms with van der Waals surface area (Å²) in [6.07, 6.45) is 8.63. The van der Waals surface area contributed by atoms with Gasteiger partial charge in [-0.1, -0.05) is 33.6 Å². The lowest BCUT2D eigenvalue weighted by Gasteiger charge is -2.36. The predicted octanol–water partition coefficient (Wildman–Crippen LogP) is 3.05. The van der Waals surface area contributed by atoms with E-state index in [-0.39, 0.29) is 0 Å². The van der Waals surface area contributed by atoms with Crippen molar-refractivity contribution in [1.29, 1.82) is 0 Å². The molecule has 0 bridgehead atoms. The van der Waals surface area contributed by atoms with Crippen molar-refractivity contribution >= 4 is 0 Å². The molecule has 1 saturated carbocycles. The lowest BCUT2D eigenvalue weighted by atomic mass is 9.85. The van der Waals surface area contributed by atoms with Crippen LogP contribution in [0.1, 0.15) is 59.3 Å². The summed E-state index contributed by atoms with van der Waals surface area (Å²) >= 11 is 0. The molecular weight excluding hydrogens is 248 g/mol. The largest absolute Gasteiger partial charge is 0.377 e. The normalized spacial score (nSPS) is 25.9. The van der Waals surface area contributed by atoms with Crippen LogP contribution in [-0.4, -0.2) is 49.8 Å². The van der Waals surface area contributed by atoms with Crippen molar-refractivity contribution in [2.24, 2.45) is 5.41 Å². The lowest BCUT2D eigenvalue weighted by molar-refractivity contribution is 0.0558. The third kappa shape index (κ3) is 4.71. The molecule has 20 heavy (non-hydrogen) atoms. The summed E-state index contributed by atoms with van der Waals surface area (Å²) in [5.41, 5.74) is 0.513. The van der Waals surface area contributed by atoms with Gasteiger partial charge in [-0.25, -0.2) is 0 Å². The molecule has 1 N–H and O–H groups in total. The molecule has 0 radical (unpaired) electrons. The molecule has 3 nitrogen and oxygen atoms in total. The Morgan fingerprint density at radius 2 is 2.00 bits per heavy atom. The number of ether oxygens (including phenoxy) is 1. The minimum atomic E-state index is 0.492. The van der Waals surface area contributed by atoms with E-state index < -0.39 is 0 Å². The van der Waals surface area contributed by atoms with Gasteiger partial charge < -0.3 is 15.0 Å². The average molecular weight is 282 g/mol. The molecule has 3 heteroatoms. The lowest BCUT2D eigenvalue weighted by Crippen LogP contribution is -2.46. The topological polar surface area (TPSA) is 24.5 Å². The van der Waals surface area contributed by atoms with E-state index in [0.717, 1.165) is 19.7 Å². The first-order chi connectivity index (χ1) is 9.63. The van der Waals surface area contributed by atoms with Crippen LogP contribution in [0.5, 0.6) is 0 Å². The molecule has 1 aliphatic heterocycles. The average Bonchev–Trinajstić information content (AvgIpc) is 3.08. The van der Waals surface area contributed by atoms with Crippen LogP contribution in [0.15, 0.2) is 0 Å². The Balaban J connectivity index is 1.87. The second-order valence-corrected chi connectivity index (χ2v) is 7.21. The van der Waals surface area contributed by atoms with Gasteiger partial charge in [0.1, 0.15) is 0 Å². The highest BCUT2D eigenvalue weighted by molar-refractivity contribution is 4.90. The number of nitrogens with one attached hydrogen (secondary N) is 1. The van der Waals surface area contributed by atoms with Crippen LogP contribution in [0.3, 0.4) is 0 Å². The maximum atomic E-state index is 5.82. The summed E-state index contributed by atoms with van der Waals surface area (Å²) in [4.78, 5) is 2.64. The fourth-order valence-electron chi connectivity index (χ4n) is 3.79. The van der Waals surface area contributed by atoms with E-state index in [2.05, 4.69) is 31.0 Å². The van der Waals surface area contributed by atoms with Gasteiger partial charge in [0, 0.05) is 32.3 Å². The van der Waals surface area contributed by atoms with E-state index in [9.17, 15) is 0 Å². The molecule has 1 unspecified atom stereocenters. The van der Waals surface area contributed by atoms with Crippen molar-refractivity contribution in [3.8, 4) is 0 Å². The van der Waals surface area contributed by atoms with Crippen LogP contribution >= 0.6 is 0 Å². The fourth-order valence-corrected chi connectivity index (χ4v) is 3.79. The smallest absolute Gasteiger partial charge is 0.0702 e. The van der Waals surface area contributed by atoms with E-state index in [1.54, 1.807) is 0 Å². The zero-order valence-electron chi connectivity index (χ0n) is 13.8. The first-order valence-corrected chi connectivity index (χ1v) is 8.71. The summed E-state index contributed by atoms with van der Waals surface area (Å²) in [5.74, 6) is 0. The molecule has 118 valence electrons. The van der Waals surface area contributed by atoms with Crippen molar-refractivity contribution in [2.45, 2.75) is 71.4 Å². The van der Waals surface area contributed by atoms with Crippen molar-refractivity contribution in [1.82, 2.24) is 10.2 Å². The Hall–Kier alpha value is -0.120. The second kappa shape index (κ2) is 7.77. The van der Waals surface area contributed by atoms with Crippen LogP contribution in [0.4, 0.5) is 0 Å². The summed E-state index contributed by atoms with van der Waals surface area (Å²) in [7, 11) is 0. The van der Waals surface area contributed by atoms with Gasteiger partial charge in [-0.2, -0.15) is 0 Å². The summed E-state index contributed by atoms with van der Waals surface area (Å²) < 4.78 is 5.82. The van der Waals surface area contributed by atoms with Crippen LogP contribution in [-0.2, 0) is 4.74 Å². The molecule has 0 aromatic heterocycles. The molecule has 1 aliphatic carbocycles. The quantitative estimate of drug-likeness (QED) is 0.740. The van der Waals surface area contributed by atoms with Crippen molar-refractivity contribution in [3.05, 3.63) is 0 Å². The summed E-state index contributed by atoms with van der Waals surface area (Å²) in [5, 5.41) is 3.69. The van der Waals surface area contributed by atoms with E-state index in [0.29, 0.717) is 17.6 Å². The summed E-state index contributed by atoms with van der Waals surface area (Å²) in [6, 6.07) is 0.598. The maximum absolute atomic E-state index is 5.82. The third-order valence-corrected chi connectivity index (χ3v) is 5.04. The van der Waals surface area contributed by atoms with Crippen LogP contribution in [0.2, 0.25) is 0 Å². The van der Waals surface area contributed by atoms with Gasteiger partial charge in [0.25, 0.3) is 0 Å². The predicted molar refractivity (Wildman–Crippen MR) is 85.1 cm³/mol. The molecule has 2 aliphatic rings. The molecule has 2 fully saturated rings. The van der Waals surface area contributed by atoms with E-state index in [4.69, 9.17) is 4.74 Å². The van der Waals surface area contributed by atoms with E-state index in [1.807, 2.05) is 0 Å². The standard InChI is InChI=1S/C17H34N2O/c1-4-19(12-16-8-7-11-20-16)14-17(9-5-6-10-17)13-18-15(2)3/h15-16,18H,4-14H2,1-3H3. The number of hydrogen-bond donors (Lipinski definition) is 1. The van der Waals surface area contributed by atoms with Crippen molar-refractivity contribution in [3.63, 3.8) is 0 Å². The molecule has 0 amide bonds. The fraction of sp³-hybridized carbons (Fsp3) is 1.00. The molecule has 0 spiro atoms. The first-order valence-electron chi connectivity index (χ1n) is 8.71.